The zero-order valence-electron chi connectivity index (χ0n) is 12.9. The van der Waals surface area contributed by atoms with Gasteiger partial charge in [-0.05, 0) is 37.3 Å². The van der Waals surface area contributed by atoms with Crippen LogP contribution >= 0.6 is 11.3 Å². The molecule has 2 N–H and O–H groups in total. The first-order valence-electron chi connectivity index (χ1n) is 7.85. The number of amides is 1. The number of nitrogens with zero attached hydrogens (tertiary/aromatic N) is 2. The average molecular weight is 321 g/mol. The standard InChI is InChI=1S/C16H23N3O2S/c1-2-14(20)13-5-3-4-8-19(13)9-6-15(21)18-16-12(11-17)7-10-22-16/h7,10,13-14,20H,2-6,8-9H2,1H3,(H,18,21). The number of piperidine rings is 1. The summed E-state index contributed by atoms with van der Waals surface area (Å²) in [5.74, 6) is -0.0748. The maximum Gasteiger partial charge on any atom is 0.226 e. The summed E-state index contributed by atoms with van der Waals surface area (Å²) in [6.45, 7) is 3.59. The van der Waals surface area contributed by atoms with E-state index in [1.54, 1.807) is 11.4 Å². The van der Waals surface area contributed by atoms with Gasteiger partial charge in [0.25, 0.3) is 0 Å². The fraction of sp³-hybridized carbons (Fsp3) is 0.625. The highest BCUT2D eigenvalue weighted by atomic mass is 32.1. The van der Waals surface area contributed by atoms with Crippen molar-refractivity contribution in [2.45, 2.75) is 51.2 Å². The van der Waals surface area contributed by atoms with Crippen molar-refractivity contribution >= 4 is 22.2 Å². The molecule has 2 atom stereocenters. The highest BCUT2D eigenvalue weighted by Gasteiger charge is 2.27. The lowest BCUT2D eigenvalue weighted by Gasteiger charge is -2.38. The fourth-order valence-corrected chi connectivity index (χ4v) is 3.68. The lowest BCUT2D eigenvalue weighted by molar-refractivity contribution is -0.116. The number of carbonyl (C=O) groups is 1. The molecule has 120 valence electrons. The van der Waals surface area contributed by atoms with E-state index in [9.17, 15) is 9.90 Å². The minimum atomic E-state index is -0.314. The van der Waals surface area contributed by atoms with E-state index < -0.39 is 0 Å². The highest BCUT2D eigenvalue weighted by Crippen LogP contribution is 2.23. The summed E-state index contributed by atoms with van der Waals surface area (Å²) in [6, 6.07) is 3.94. The molecule has 6 heteroatoms. The average Bonchev–Trinajstić information content (AvgIpc) is 2.99. The quantitative estimate of drug-likeness (QED) is 0.844. The van der Waals surface area contributed by atoms with E-state index in [1.165, 1.54) is 11.3 Å². The second-order valence-corrected chi connectivity index (χ2v) is 6.56. The number of likely N-dealkylation sites (tertiary alicyclic amines) is 1. The molecular weight excluding hydrogens is 298 g/mol. The molecule has 0 radical (unpaired) electrons. The number of thiophene rings is 1. The Morgan fingerprint density at radius 2 is 2.45 bits per heavy atom. The zero-order chi connectivity index (χ0) is 15.9. The first kappa shape index (κ1) is 16.9. The molecule has 1 aromatic rings. The third-order valence-corrected chi connectivity index (χ3v) is 5.02. The van der Waals surface area contributed by atoms with E-state index in [2.05, 4.69) is 16.3 Å². The maximum absolute atomic E-state index is 12.1. The molecule has 0 aliphatic carbocycles. The Bertz CT molecular complexity index is 538. The number of rotatable bonds is 6. The second-order valence-electron chi connectivity index (χ2n) is 5.65. The Kier molecular flexibility index (Phi) is 6.37. The smallest absolute Gasteiger partial charge is 0.226 e. The molecule has 1 aromatic heterocycles. The van der Waals surface area contributed by atoms with Crippen molar-refractivity contribution in [1.82, 2.24) is 4.90 Å². The molecule has 1 fully saturated rings. The number of carbonyl (C=O) groups excluding carboxylic acids is 1. The van der Waals surface area contributed by atoms with Gasteiger partial charge in [-0.3, -0.25) is 9.69 Å². The van der Waals surface area contributed by atoms with Crippen LogP contribution in [0.15, 0.2) is 11.4 Å². The molecule has 2 heterocycles. The van der Waals surface area contributed by atoms with Gasteiger partial charge >= 0.3 is 0 Å². The minimum absolute atomic E-state index is 0.0748. The molecule has 1 aliphatic rings. The van der Waals surface area contributed by atoms with Gasteiger partial charge in [0.2, 0.25) is 5.91 Å². The third kappa shape index (κ3) is 4.29. The van der Waals surface area contributed by atoms with Gasteiger partial charge in [0.1, 0.15) is 11.1 Å². The summed E-state index contributed by atoms with van der Waals surface area (Å²) in [5.41, 5.74) is 0.510. The van der Waals surface area contributed by atoms with Crippen LogP contribution < -0.4 is 5.32 Å². The summed E-state index contributed by atoms with van der Waals surface area (Å²) in [7, 11) is 0. The van der Waals surface area contributed by atoms with Gasteiger partial charge in [0, 0.05) is 19.0 Å². The molecule has 22 heavy (non-hydrogen) atoms. The molecule has 5 nitrogen and oxygen atoms in total. The Hall–Kier alpha value is -1.42. The van der Waals surface area contributed by atoms with Gasteiger partial charge in [0.15, 0.2) is 0 Å². The van der Waals surface area contributed by atoms with E-state index in [-0.39, 0.29) is 18.1 Å². The van der Waals surface area contributed by atoms with Crippen LogP contribution in [0.2, 0.25) is 0 Å². The summed E-state index contributed by atoms with van der Waals surface area (Å²) in [6.07, 6.45) is 4.08. The highest BCUT2D eigenvalue weighted by molar-refractivity contribution is 7.14. The maximum atomic E-state index is 12.1. The van der Waals surface area contributed by atoms with Crippen molar-refractivity contribution in [2.24, 2.45) is 0 Å². The number of hydrogen-bond donors (Lipinski definition) is 2. The Labute approximate surface area is 135 Å². The topological polar surface area (TPSA) is 76.4 Å². The van der Waals surface area contributed by atoms with E-state index >= 15 is 0 Å². The van der Waals surface area contributed by atoms with Crippen LogP contribution in [0.3, 0.4) is 0 Å². The molecule has 1 amide bonds. The molecule has 0 bridgehead atoms. The van der Waals surface area contributed by atoms with Gasteiger partial charge in [-0.25, -0.2) is 0 Å². The van der Waals surface area contributed by atoms with Crippen LogP contribution in [0.4, 0.5) is 5.00 Å². The van der Waals surface area contributed by atoms with Crippen LogP contribution in [0.25, 0.3) is 0 Å². The van der Waals surface area contributed by atoms with Crippen LogP contribution in [0.1, 0.15) is 44.6 Å². The van der Waals surface area contributed by atoms with Crippen molar-refractivity contribution < 1.29 is 9.90 Å². The molecule has 0 spiro atoms. The van der Waals surface area contributed by atoms with Crippen LogP contribution in [-0.4, -0.2) is 41.1 Å². The molecule has 0 saturated carbocycles. The fourth-order valence-electron chi connectivity index (χ4n) is 2.93. The Balaban J connectivity index is 1.85. The van der Waals surface area contributed by atoms with E-state index in [4.69, 9.17) is 5.26 Å². The molecular formula is C16H23N3O2S. The summed E-state index contributed by atoms with van der Waals surface area (Å²) in [5, 5.41) is 24.3. The minimum Gasteiger partial charge on any atom is -0.392 e. The van der Waals surface area contributed by atoms with Gasteiger partial charge in [-0.15, -0.1) is 11.3 Å². The summed E-state index contributed by atoms with van der Waals surface area (Å²) >= 11 is 1.36. The molecule has 1 aliphatic heterocycles. The number of anilines is 1. The first-order valence-corrected chi connectivity index (χ1v) is 8.73. The van der Waals surface area contributed by atoms with Gasteiger partial charge in [-0.2, -0.15) is 5.26 Å². The number of nitrogens with one attached hydrogen (secondary N) is 1. The number of aliphatic hydroxyl groups is 1. The largest absolute Gasteiger partial charge is 0.392 e. The summed E-state index contributed by atoms with van der Waals surface area (Å²) < 4.78 is 0. The Morgan fingerprint density at radius 1 is 1.64 bits per heavy atom. The van der Waals surface area contributed by atoms with Crippen LogP contribution in [0, 0.1) is 11.3 Å². The SMILES string of the molecule is CCC(O)C1CCCCN1CCC(=O)Nc1sccc1C#N. The second kappa shape index (κ2) is 8.28. The predicted molar refractivity (Wildman–Crippen MR) is 87.8 cm³/mol. The summed E-state index contributed by atoms with van der Waals surface area (Å²) in [4.78, 5) is 14.3. The number of nitriles is 1. The number of hydrogen-bond acceptors (Lipinski definition) is 5. The lowest BCUT2D eigenvalue weighted by Crippen LogP contribution is -2.47. The van der Waals surface area contributed by atoms with E-state index in [0.29, 0.717) is 23.5 Å². The molecule has 1 saturated heterocycles. The van der Waals surface area contributed by atoms with Crippen molar-refractivity contribution in [3.05, 3.63) is 17.0 Å². The molecule has 2 rings (SSSR count). The van der Waals surface area contributed by atoms with Crippen molar-refractivity contribution in [1.29, 1.82) is 5.26 Å². The normalized spacial score (nSPS) is 20.3. The van der Waals surface area contributed by atoms with Crippen molar-refractivity contribution in [2.75, 3.05) is 18.4 Å². The van der Waals surface area contributed by atoms with Gasteiger partial charge in [0.05, 0.1) is 11.7 Å². The zero-order valence-corrected chi connectivity index (χ0v) is 13.7. The van der Waals surface area contributed by atoms with Crippen LogP contribution in [0.5, 0.6) is 0 Å². The van der Waals surface area contributed by atoms with Crippen LogP contribution in [-0.2, 0) is 4.79 Å². The first-order chi connectivity index (χ1) is 10.7. The third-order valence-electron chi connectivity index (χ3n) is 4.19. The van der Waals surface area contributed by atoms with Crippen molar-refractivity contribution in [3.63, 3.8) is 0 Å². The monoisotopic (exact) mass is 321 g/mol. The molecule has 0 aromatic carbocycles. The van der Waals surface area contributed by atoms with Gasteiger partial charge < -0.3 is 10.4 Å². The lowest BCUT2D eigenvalue weighted by atomic mass is 9.96. The number of aliphatic hydroxyl groups excluding tert-OH is 1. The van der Waals surface area contributed by atoms with E-state index in [1.807, 2.05) is 6.92 Å². The van der Waals surface area contributed by atoms with Crippen molar-refractivity contribution in [3.8, 4) is 6.07 Å². The Morgan fingerprint density at radius 3 is 3.18 bits per heavy atom. The predicted octanol–water partition coefficient (Wildman–Crippen LogP) is 2.57. The van der Waals surface area contributed by atoms with Gasteiger partial charge in [-0.1, -0.05) is 13.3 Å². The molecule has 2 unspecified atom stereocenters. The van der Waals surface area contributed by atoms with E-state index in [0.717, 1.165) is 32.2 Å².